The first kappa shape index (κ1) is 24.3. The smallest absolute Gasteiger partial charge is 0.357 e. The van der Waals surface area contributed by atoms with Gasteiger partial charge in [0, 0.05) is 38.6 Å². The number of hydrogen-bond donors (Lipinski definition) is 1. The van der Waals surface area contributed by atoms with E-state index in [4.69, 9.17) is 0 Å². The molecule has 1 aromatic heterocycles. The first-order valence-corrected chi connectivity index (χ1v) is 10.5. The molecule has 0 amide bonds. The Kier molecular flexibility index (Phi) is 9.09. The largest absolute Gasteiger partial charge is 0.392 e. The Morgan fingerprint density at radius 3 is 2.66 bits per heavy atom. The molecule has 1 aliphatic carbocycles. The third-order valence-electron chi connectivity index (χ3n) is 6.27. The lowest BCUT2D eigenvalue weighted by atomic mass is 9.79. The lowest BCUT2D eigenvalue weighted by Crippen LogP contribution is -2.49. The average Bonchev–Trinajstić information content (AvgIpc) is 3.20. The molecule has 29 heavy (non-hydrogen) atoms. The van der Waals surface area contributed by atoms with Gasteiger partial charge in [-0.3, -0.25) is 4.99 Å². The minimum absolute atomic E-state index is 0. The van der Waals surface area contributed by atoms with Crippen LogP contribution in [0.25, 0.3) is 0 Å². The lowest BCUT2D eigenvalue weighted by molar-refractivity contribution is -0.195. The zero-order valence-corrected chi connectivity index (χ0v) is 19.6. The summed E-state index contributed by atoms with van der Waals surface area (Å²) in [6, 6.07) is 0.290. The van der Waals surface area contributed by atoms with Gasteiger partial charge < -0.3 is 14.8 Å². The van der Waals surface area contributed by atoms with Gasteiger partial charge >= 0.3 is 6.18 Å². The van der Waals surface area contributed by atoms with Crippen LogP contribution in [0.4, 0.5) is 13.2 Å². The van der Waals surface area contributed by atoms with E-state index in [0.29, 0.717) is 25.3 Å². The molecule has 2 fully saturated rings. The summed E-state index contributed by atoms with van der Waals surface area (Å²) in [5, 5.41) is 3.30. The topological polar surface area (TPSA) is 45.5 Å². The Balaban J connectivity index is 0.00000300. The van der Waals surface area contributed by atoms with Gasteiger partial charge in [0.25, 0.3) is 0 Å². The number of nitrogens with zero attached hydrogens (tertiary/aromatic N) is 4. The molecule has 0 aromatic carbocycles. The van der Waals surface area contributed by atoms with Gasteiger partial charge in [0.05, 0.1) is 18.3 Å². The van der Waals surface area contributed by atoms with E-state index in [0.717, 1.165) is 31.9 Å². The maximum atomic E-state index is 13.4. The summed E-state index contributed by atoms with van der Waals surface area (Å²) in [7, 11) is 0. The van der Waals surface area contributed by atoms with Crippen molar-refractivity contribution in [3.63, 3.8) is 0 Å². The predicted octanol–water partition coefficient (Wildman–Crippen LogP) is 4.72. The number of alkyl halides is 3. The fraction of sp³-hybridized carbons (Fsp3) is 0.800. The maximum absolute atomic E-state index is 13.4. The number of nitrogens with one attached hydrogen (secondary N) is 1. The second kappa shape index (κ2) is 10.9. The van der Waals surface area contributed by atoms with Crippen LogP contribution in [0.1, 0.15) is 52.0 Å². The van der Waals surface area contributed by atoms with E-state index in [9.17, 15) is 13.2 Å². The van der Waals surface area contributed by atoms with Crippen LogP contribution < -0.4 is 5.32 Å². The van der Waals surface area contributed by atoms with Crippen molar-refractivity contribution in [3.8, 4) is 0 Å². The van der Waals surface area contributed by atoms with Crippen LogP contribution in [0.3, 0.4) is 0 Å². The molecule has 1 saturated carbocycles. The molecule has 0 spiro atoms. The fourth-order valence-electron chi connectivity index (χ4n) is 4.58. The zero-order valence-electron chi connectivity index (χ0n) is 17.2. The van der Waals surface area contributed by atoms with Crippen molar-refractivity contribution >= 4 is 29.9 Å². The molecule has 2 aliphatic rings. The Labute approximate surface area is 188 Å². The van der Waals surface area contributed by atoms with Crippen molar-refractivity contribution in [2.45, 2.75) is 58.2 Å². The number of piperidine rings is 1. The fourth-order valence-corrected chi connectivity index (χ4v) is 4.58. The lowest BCUT2D eigenvalue weighted by Gasteiger charge is -2.39. The quantitative estimate of drug-likeness (QED) is 0.351. The summed E-state index contributed by atoms with van der Waals surface area (Å²) < 4.78 is 42.3. The summed E-state index contributed by atoms with van der Waals surface area (Å²) in [6.45, 7) is 6.83. The van der Waals surface area contributed by atoms with Gasteiger partial charge in [-0.25, -0.2) is 4.98 Å². The molecule has 1 aliphatic heterocycles. The van der Waals surface area contributed by atoms with Crippen LogP contribution in [0.5, 0.6) is 0 Å². The minimum Gasteiger partial charge on any atom is -0.357 e. The Morgan fingerprint density at radius 1 is 1.24 bits per heavy atom. The molecule has 4 atom stereocenters. The van der Waals surface area contributed by atoms with Crippen LogP contribution in [0, 0.1) is 17.8 Å². The molecule has 1 N–H and O–H groups in total. The normalized spacial score (nSPS) is 28.7. The van der Waals surface area contributed by atoms with Gasteiger partial charge in [0.1, 0.15) is 0 Å². The second-order valence-electron chi connectivity index (χ2n) is 8.18. The van der Waals surface area contributed by atoms with Gasteiger partial charge in [-0.15, -0.1) is 24.0 Å². The number of hydrogen-bond acceptors (Lipinski definition) is 2. The van der Waals surface area contributed by atoms with Gasteiger partial charge in [0.2, 0.25) is 0 Å². The predicted molar refractivity (Wildman–Crippen MR) is 120 cm³/mol. The molecule has 5 nitrogen and oxygen atoms in total. The Hall–Kier alpha value is -1.00. The van der Waals surface area contributed by atoms with E-state index in [1.165, 1.54) is 0 Å². The average molecular weight is 527 g/mol. The van der Waals surface area contributed by atoms with E-state index >= 15 is 0 Å². The maximum Gasteiger partial charge on any atom is 0.392 e. The molecule has 166 valence electrons. The SMILES string of the molecule is CCNC(=NCC1CCCCC1C(F)(F)F)N1CCC(C)C(n2ccnc2)C1.I. The molecule has 0 bridgehead atoms. The minimum atomic E-state index is -4.12. The van der Waals surface area contributed by atoms with Crippen molar-refractivity contribution in [1.29, 1.82) is 0 Å². The highest BCUT2D eigenvalue weighted by atomic mass is 127. The third-order valence-corrected chi connectivity index (χ3v) is 6.27. The standard InChI is InChI=1S/C20H32F3N5.HI/c1-3-25-19(26-12-16-6-4-5-7-17(16)20(21,22)23)27-10-8-15(2)18(13-27)28-11-9-24-14-28;/h9,11,14-18H,3-8,10,12-13H2,1-2H3,(H,25,26);1H. The number of rotatable bonds is 4. The number of imidazole rings is 1. The molecule has 4 unspecified atom stereocenters. The number of guanidine groups is 1. The summed E-state index contributed by atoms with van der Waals surface area (Å²) in [4.78, 5) is 11.0. The van der Waals surface area contributed by atoms with Crippen molar-refractivity contribution in [1.82, 2.24) is 19.8 Å². The van der Waals surface area contributed by atoms with Crippen LogP contribution >= 0.6 is 24.0 Å². The summed E-state index contributed by atoms with van der Waals surface area (Å²) in [6.07, 6.45) is 4.88. The van der Waals surface area contributed by atoms with Gasteiger partial charge in [0.15, 0.2) is 5.96 Å². The van der Waals surface area contributed by atoms with Crippen molar-refractivity contribution < 1.29 is 13.2 Å². The summed E-state index contributed by atoms with van der Waals surface area (Å²) in [5.74, 6) is -0.365. The van der Waals surface area contributed by atoms with Crippen molar-refractivity contribution in [2.24, 2.45) is 22.7 Å². The van der Waals surface area contributed by atoms with E-state index in [1.54, 1.807) is 6.20 Å². The highest BCUT2D eigenvalue weighted by Gasteiger charge is 2.45. The number of halogens is 4. The summed E-state index contributed by atoms with van der Waals surface area (Å²) >= 11 is 0. The first-order valence-electron chi connectivity index (χ1n) is 10.5. The van der Waals surface area contributed by atoms with Gasteiger partial charge in [-0.05, 0) is 38.0 Å². The molecular formula is C20H33F3IN5. The number of aromatic nitrogens is 2. The van der Waals surface area contributed by atoms with E-state index < -0.39 is 18.0 Å². The molecule has 0 radical (unpaired) electrons. The molecule has 1 saturated heterocycles. The van der Waals surface area contributed by atoms with Gasteiger partial charge in [-0.1, -0.05) is 19.8 Å². The van der Waals surface area contributed by atoms with Gasteiger partial charge in [-0.2, -0.15) is 13.2 Å². The van der Waals surface area contributed by atoms with Crippen LogP contribution in [0.2, 0.25) is 0 Å². The van der Waals surface area contributed by atoms with E-state index in [2.05, 4.69) is 31.7 Å². The second-order valence-corrected chi connectivity index (χ2v) is 8.18. The Morgan fingerprint density at radius 2 is 2.00 bits per heavy atom. The molecule has 2 heterocycles. The van der Waals surface area contributed by atoms with E-state index in [1.807, 2.05) is 19.4 Å². The van der Waals surface area contributed by atoms with Crippen molar-refractivity contribution in [3.05, 3.63) is 18.7 Å². The number of aliphatic imine (C=N–C) groups is 1. The number of likely N-dealkylation sites (tertiary alicyclic amines) is 1. The molecule has 3 rings (SSSR count). The van der Waals surface area contributed by atoms with Crippen LogP contribution in [0.15, 0.2) is 23.7 Å². The first-order chi connectivity index (χ1) is 13.4. The highest BCUT2D eigenvalue weighted by Crippen LogP contribution is 2.41. The monoisotopic (exact) mass is 527 g/mol. The zero-order chi connectivity index (χ0) is 20.1. The van der Waals surface area contributed by atoms with E-state index in [-0.39, 0.29) is 43.0 Å². The molecule has 9 heteroatoms. The van der Waals surface area contributed by atoms with Crippen molar-refractivity contribution in [2.75, 3.05) is 26.2 Å². The third kappa shape index (κ3) is 6.24. The summed E-state index contributed by atoms with van der Waals surface area (Å²) in [5.41, 5.74) is 0. The highest BCUT2D eigenvalue weighted by molar-refractivity contribution is 14.0. The molecule has 1 aromatic rings. The van der Waals surface area contributed by atoms with Crippen LogP contribution in [-0.2, 0) is 0 Å². The Bertz CT molecular complexity index is 635. The van der Waals surface area contributed by atoms with Crippen LogP contribution in [-0.4, -0.2) is 52.8 Å². The molecular weight excluding hydrogens is 494 g/mol.